The largest absolute Gasteiger partial charge is 0.463 e. The lowest BCUT2D eigenvalue weighted by Gasteiger charge is -2.20. The van der Waals surface area contributed by atoms with E-state index >= 15 is 0 Å². The van der Waals surface area contributed by atoms with Gasteiger partial charge in [0.25, 0.3) is 0 Å². The van der Waals surface area contributed by atoms with Gasteiger partial charge in [-0.25, -0.2) is 4.79 Å². The van der Waals surface area contributed by atoms with Gasteiger partial charge in [0.2, 0.25) is 5.91 Å². The minimum atomic E-state index is -0.627. The van der Waals surface area contributed by atoms with E-state index in [4.69, 9.17) is 10.5 Å². The lowest BCUT2D eigenvalue weighted by atomic mass is 10.0. The van der Waals surface area contributed by atoms with Crippen LogP contribution in [-0.2, 0) is 20.7 Å². The predicted octanol–water partition coefficient (Wildman–Crippen LogP) is 2.21. The molecule has 0 heterocycles. The van der Waals surface area contributed by atoms with Gasteiger partial charge in [0.15, 0.2) is 0 Å². The van der Waals surface area contributed by atoms with Gasteiger partial charge in [-0.3, -0.25) is 4.79 Å². The number of amides is 1. The molecule has 0 aliphatic carbocycles. The van der Waals surface area contributed by atoms with Crippen molar-refractivity contribution in [1.82, 2.24) is 5.32 Å². The maximum atomic E-state index is 12.3. The molecule has 0 aliphatic heterocycles. The molecular formula is C19H28N2O3. The van der Waals surface area contributed by atoms with Crippen molar-refractivity contribution < 1.29 is 14.3 Å². The van der Waals surface area contributed by atoms with E-state index in [-0.39, 0.29) is 11.9 Å². The fraction of sp³-hybridized carbons (Fsp3) is 0.474. The second-order valence-electron chi connectivity index (χ2n) is 6.15. The third kappa shape index (κ3) is 7.92. The summed E-state index contributed by atoms with van der Waals surface area (Å²) in [5.41, 5.74) is 7.02. The Bertz CT molecular complexity index is 541. The average Bonchev–Trinajstić information content (AvgIpc) is 2.53. The third-order valence-corrected chi connectivity index (χ3v) is 3.44. The summed E-state index contributed by atoms with van der Waals surface area (Å²) in [6.07, 6.45) is 4.23. The lowest BCUT2D eigenvalue weighted by molar-refractivity contribution is -0.137. The number of nitrogens with one attached hydrogen (secondary N) is 1. The van der Waals surface area contributed by atoms with Crippen molar-refractivity contribution in [3.8, 4) is 0 Å². The van der Waals surface area contributed by atoms with E-state index in [1.165, 1.54) is 6.08 Å². The van der Waals surface area contributed by atoms with Crippen LogP contribution in [0, 0.1) is 5.92 Å². The summed E-state index contributed by atoms with van der Waals surface area (Å²) in [7, 11) is 0. The Morgan fingerprint density at radius 1 is 1.25 bits per heavy atom. The third-order valence-electron chi connectivity index (χ3n) is 3.44. The molecule has 24 heavy (non-hydrogen) atoms. The molecule has 5 heteroatoms. The first-order valence-corrected chi connectivity index (χ1v) is 8.37. The topological polar surface area (TPSA) is 81.4 Å². The van der Waals surface area contributed by atoms with Crippen LogP contribution in [0.2, 0.25) is 0 Å². The number of nitrogens with two attached hydrogens (primary N) is 1. The molecule has 0 aromatic heterocycles. The standard InChI is InChI=1S/C19H28N2O3/c1-4-24-18(22)11-10-16(12-14(2)3)21-19(23)17(20)13-15-8-6-5-7-9-15/h5-11,14,16-17H,4,12-13,20H2,1-3H3,(H,21,23)/b11-10+/t16-,17+/m1/s1. The molecule has 132 valence electrons. The van der Waals surface area contributed by atoms with Gasteiger partial charge < -0.3 is 15.8 Å². The highest BCUT2D eigenvalue weighted by atomic mass is 16.5. The molecule has 0 spiro atoms. The van der Waals surface area contributed by atoms with Crippen LogP contribution in [0.4, 0.5) is 0 Å². The van der Waals surface area contributed by atoms with Gasteiger partial charge in [0.1, 0.15) is 0 Å². The molecule has 5 nitrogen and oxygen atoms in total. The van der Waals surface area contributed by atoms with Crippen molar-refractivity contribution in [2.75, 3.05) is 6.61 Å². The van der Waals surface area contributed by atoms with E-state index in [0.29, 0.717) is 18.9 Å². The molecule has 0 saturated carbocycles. The Labute approximate surface area is 144 Å². The predicted molar refractivity (Wildman–Crippen MR) is 95.3 cm³/mol. The van der Waals surface area contributed by atoms with E-state index in [0.717, 1.165) is 12.0 Å². The molecule has 0 saturated heterocycles. The van der Waals surface area contributed by atoms with Crippen LogP contribution in [0.5, 0.6) is 0 Å². The van der Waals surface area contributed by atoms with Crippen LogP contribution in [0.25, 0.3) is 0 Å². The van der Waals surface area contributed by atoms with E-state index in [1.54, 1.807) is 13.0 Å². The van der Waals surface area contributed by atoms with Gasteiger partial charge in [-0.15, -0.1) is 0 Å². The zero-order valence-corrected chi connectivity index (χ0v) is 14.7. The molecule has 2 atom stereocenters. The number of benzene rings is 1. The minimum Gasteiger partial charge on any atom is -0.463 e. The highest BCUT2D eigenvalue weighted by Gasteiger charge is 2.18. The Kier molecular flexibility index (Phi) is 8.79. The van der Waals surface area contributed by atoms with Crippen molar-refractivity contribution >= 4 is 11.9 Å². The number of carbonyl (C=O) groups excluding carboxylic acids is 2. The van der Waals surface area contributed by atoms with Crippen LogP contribution in [0.1, 0.15) is 32.8 Å². The molecule has 0 fully saturated rings. The van der Waals surface area contributed by atoms with Gasteiger partial charge in [0.05, 0.1) is 12.6 Å². The first-order valence-electron chi connectivity index (χ1n) is 8.37. The Hall–Kier alpha value is -2.14. The summed E-state index contributed by atoms with van der Waals surface area (Å²) in [6, 6.07) is 8.78. The number of hydrogen-bond donors (Lipinski definition) is 2. The second-order valence-corrected chi connectivity index (χ2v) is 6.15. The Morgan fingerprint density at radius 3 is 2.50 bits per heavy atom. The van der Waals surface area contributed by atoms with Gasteiger partial charge >= 0.3 is 5.97 Å². The molecule has 1 aromatic carbocycles. The maximum absolute atomic E-state index is 12.3. The van der Waals surface area contributed by atoms with Gasteiger partial charge in [-0.1, -0.05) is 50.3 Å². The summed E-state index contributed by atoms with van der Waals surface area (Å²) in [6.45, 7) is 6.19. The zero-order chi connectivity index (χ0) is 17.9. The molecule has 1 aromatic rings. The zero-order valence-electron chi connectivity index (χ0n) is 14.7. The van der Waals surface area contributed by atoms with Crippen molar-refractivity contribution in [2.45, 2.75) is 45.7 Å². The van der Waals surface area contributed by atoms with E-state index in [2.05, 4.69) is 19.2 Å². The maximum Gasteiger partial charge on any atom is 0.330 e. The van der Waals surface area contributed by atoms with Crippen molar-refractivity contribution in [1.29, 1.82) is 0 Å². The quantitative estimate of drug-likeness (QED) is 0.536. The number of carbonyl (C=O) groups is 2. The Balaban J connectivity index is 2.63. The van der Waals surface area contributed by atoms with E-state index in [1.807, 2.05) is 30.3 Å². The van der Waals surface area contributed by atoms with Gasteiger partial charge in [0, 0.05) is 12.1 Å². The summed E-state index contributed by atoms with van der Waals surface area (Å²) >= 11 is 0. The van der Waals surface area contributed by atoms with Gasteiger partial charge in [-0.2, -0.15) is 0 Å². The molecular weight excluding hydrogens is 304 g/mol. The number of hydrogen-bond acceptors (Lipinski definition) is 4. The van der Waals surface area contributed by atoms with Crippen molar-refractivity contribution in [3.63, 3.8) is 0 Å². The molecule has 1 amide bonds. The number of rotatable bonds is 9. The average molecular weight is 332 g/mol. The van der Waals surface area contributed by atoms with Crippen LogP contribution in [0.15, 0.2) is 42.5 Å². The fourth-order valence-electron chi connectivity index (χ4n) is 2.33. The highest BCUT2D eigenvalue weighted by molar-refractivity contribution is 5.84. The normalized spacial score (nSPS) is 13.7. The summed E-state index contributed by atoms with van der Waals surface area (Å²) < 4.78 is 4.87. The van der Waals surface area contributed by atoms with Crippen LogP contribution >= 0.6 is 0 Å². The SMILES string of the molecule is CCOC(=O)/C=C/[C@H](CC(C)C)NC(=O)[C@@H](N)Cc1ccccc1. The molecule has 1 rings (SSSR count). The Morgan fingerprint density at radius 2 is 1.92 bits per heavy atom. The monoisotopic (exact) mass is 332 g/mol. The first-order chi connectivity index (χ1) is 11.4. The smallest absolute Gasteiger partial charge is 0.330 e. The summed E-state index contributed by atoms with van der Waals surface area (Å²) in [5, 5.41) is 2.91. The van der Waals surface area contributed by atoms with Crippen LogP contribution < -0.4 is 11.1 Å². The fourth-order valence-corrected chi connectivity index (χ4v) is 2.33. The summed E-state index contributed by atoms with van der Waals surface area (Å²) in [5.74, 6) is -0.264. The van der Waals surface area contributed by atoms with Crippen molar-refractivity contribution in [3.05, 3.63) is 48.0 Å². The van der Waals surface area contributed by atoms with E-state index in [9.17, 15) is 9.59 Å². The molecule has 3 N–H and O–H groups in total. The summed E-state index contributed by atoms with van der Waals surface area (Å²) in [4.78, 5) is 23.8. The first kappa shape index (κ1) is 19.9. The lowest BCUT2D eigenvalue weighted by Crippen LogP contribution is -2.46. The van der Waals surface area contributed by atoms with Crippen LogP contribution in [0.3, 0.4) is 0 Å². The number of ether oxygens (including phenoxy) is 1. The van der Waals surface area contributed by atoms with Crippen LogP contribution in [-0.4, -0.2) is 30.6 Å². The van der Waals surface area contributed by atoms with Crippen molar-refractivity contribution in [2.24, 2.45) is 11.7 Å². The molecule has 0 bridgehead atoms. The second kappa shape index (κ2) is 10.6. The number of esters is 1. The van der Waals surface area contributed by atoms with E-state index < -0.39 is 12.0 Å². The highest BCUT2D eigenvalue weighted by Crippen LogP contribution is 2.08. The molecule has 0 aliphatic rings. The van der Waals surface area contributed by atoms with Gasteiger partial charge in [-0.05, 0) is 31.2 Å². The molecule has 0 unspecified atom stereocenters. The molecule has 0 radical (unpaired) electrons. The minimum absolute atomic E-state index is 0.224.